The third kappa shape index (κ3) is 3.58. The van der Waals surface area contributed by atoms with Crippen LogP contribution in [-0.2, 0) is 4.57 Å². The normalized spacial score (nSPS) is 15.8. The lowest BCUT2D eigenvalue weighted by Crippen LogP contribution is -1.77. The lowest BCUT2D eigenvalue weighted by molar-refractivity contribution is 0.490. The van der Waals surface area contributed by atoms with Gasteiger partial charge in [-0.2, -0.15) is 0 Å². The Hall–Kier alpha value is -0.850. The van der Waals surface area contributed by atoms with Gasteiger partial charge in [-0.25, -0.2) is 0 Å². The molecule has 2 nitrogen and oxygen atoms in total. The highest BCUT2D eigenvalue weighted by Gasteiger charge is 2.08. The van der Waals surface area contributed by atoms with Gasteiger partial charge < -0.3 is 4.89 Å². The van der Waals surface area contributed by atoms with Gasteiger partial charge in [0.15, 0.2) is 0 Å². The van der Waals surface area contributed by atoms with E-state index in [1.807, 2.05) is 30.3 Å². The summed E-state index contributed by atoms with van der Waals surface area (Å²) >= 11 is 0. The molecule has 0 aliphatic heterocycles. The highest BCUT2D eigenvalue weighted by molar-refractivity contribution is 7.61. The van der Waals surface area contributed by atoms with Crippen molar-refractivity contribution in [3.05, 3.63) is 41.7 Å². The average Bonchev–Trinajstić information content (AvgIpc) is 2.17. The zero-order valence-corrected chi connectivity index (χ0v) is 8.45. The monoisotopic (exact) mass is 196 g/mol. The van der Waals surface area contributed by atoms with E-state index in [0.717, 1.165) is 5.56 Å². The summed E-state index contributed by atoms with van der Waals surface area (Å²) in [4.78, 5) is 9.25. The largest absolute Gasteiger partial charge is 0.341 e. The standard InChI is InChI=1S/C10H13O2P/c1-2-13(11,12)9-8-10-6-4-3-5-7-10/h3-9H,2H2,1H3,(H,11,12)/b9-8+. The molecule has 1 aromatic carbocycles. The molecule has 3 heteroatoms. The third-order valence-electron chi connectivity index (χ3n) is 1.75. The zero-order valence-electron chi connectivity index (χ0n) is 7.55. The Morgan fingerprint density at radius 2 is 2.00 bits per heavy atom. The van der Waals surface area contributed by atoms with Gasteiger partial charge in [-0.15, -0.1) is 0 Å². The van der Waals surface area contributed by atoms with Crippen molar-refractivity contribution in [2.45, 2.75) is 6.92 Å². The highest BCUT2D eigenvalue weighted by Crippen LogP contribution is 2.41. The van der Waals surface area contributed by atoms with Gasteiger partial charge >= 0.3 is 0 Å². The van der Waals surface area contributed by atoms with Crippen molar-refractivity contribution in [1.29, 1.82) is 0 Å². The summed E-state index contributed by atoms with van der Waals surface area (Å²) in [5.41, 5.74) is 0.949. The van der Waals surface area contributed by atoms with Crippen molar-refractivity contribution < 1.29 is 9.46 Å². The topological polar surface area (TPSA) is 37.3 Å². The Bertz CT molecular complexity index is 330. The molecule has 0 amide bonds. The number of rotatable bonds is 3. The summed E-state index contributed by atoms with van der Waals surface area (Å²) in [5, 5.41) is 0. The second kappa shape index (κ2) is 4.40. The summed E-state index contributed by atoms with van der Waals surface area (Å²) < 4.78 is 11.2. The van der Waals surface area contributed by atoms with Crippen LogP contribution in [0.3, 0.4) is 0 Å². The van der Waals surface area contributed by atoms with E-state index in [2.05, 4.69) is 0 Å². The molecule has 1 unspecified atom stereocenters. The predicted octanol–water partition coefficient (Wildman–Crippen LogP) is 2.95. The molecule has 70 valence electrons. The number of hydrogen-bond acceptors (Lipinski definition) is 1. The minimum atomic E-state index is -3.02. The first-order chi connectivity index (χ1) is 6.14. The van der Waals surface area contributed by atoms with Crippen LogP contribution >= 0.6 is 7.37 Å². The van der Waals surface area contributed by atoms with Crippen molar-refractivity contribution in [2.24, 2.45) is 0 Å². The second-order valence-electron chi connectivity index (χ2n) is 2.80. The highest BCUT2D eigenvalue weighted by atomic mass is 31.2. The van der Waals surface area contributed by atoms with Crippen LogP contribution < -0.4 is 0 Å². The van der Waals surface area contributed by atoms with Gasteiger partial charge in [0, 0.05) is 12.0 Å². The summed E-state index contributed by atoms with van der Waals surface area (Å²) in [6.45, 7) is 1.70. The van der Waals surface area contributed by atoms with Crippen LogP contribution in [0.15, 0.2) is 36.1 Å². The van der Waals surface area contributed by atoms with Gasteiger partial charge in [0.25, 0.3) is 0 Å². The van der Waals surface area contributed by atoms with Crippen LogP contribution in [0.25, 0.3) is 6.08 Å². The lowest BCUT2D eigenvalue weighted by Gasteiger charge is -2.00. The van der Waals surface area contributed by atoms with Gasteiger partial charge in [0.05, 0.1) is 0 Å². The molecule has 1 aromatic rings. The Morgan fingerprint density at radius 1 is 1.38 bits per heavy atom. The van der Waals surface area contributed by atoms with Crippen molar-refractivity contribution in [2.75, 3.05) is 6.16 Å². The molecule has 0 bridgehead atoms. The predicted molar refractivity (Wildman–Crippen MR) is 55.8 cm³/mol. The fourth-order valence-electron chi connectivity index (χ4n) is 0.872. The molecule has 0 radical (unpaired) electrons. The second-order valence-corrected chi connectivity index (χ2v) is 5.24. The van der Waals surface area contributed by atoms with Crippen molar-refractivity contribution >= 4 is 13.4 Å². The Balaban J connectivity index is 2.75. The fraction of sp³-hybridized carbons (Fsp3) is 0.200. The van der Waals surface area contributed by atoms with Crippen LogP contribution in [0.4, 0.5) is 0 Å². The molecule has 0 heterocycles. The number of benzene rings is 1. The van der Waals surface area contributed by atoms with Crippen LogP contribution in [0.1, 0.15) is 12.5 Å². The minimum absolute atomic E-state index is 0.288. The molecular weight excluding hydrogens is 183 g/mol. The average molecular weight is 196 g/mol. The van der Waals surface area contributed by atoms with Gasteiger partial charge in [-0.05, 0) is 11.6 Å². The van der Waals surface area contributed by atoms with E-state index in [1.54, 1.807) is 13.0 Å². The van der Waals surface area contributed by atoms with Crippen molar-refractivity contribution in [3.63, 3.8) is 0 Å². The van der Waals surface area contributed by atoms with Crippen LogP contribution in [0.2, 0.25) is 0 Å². The Labute approximate surface area is 78.4 Å². The molecule has 0 aliphatic rings. The lowest BCUT2D eigenvalue weighted by atomic mass is 10.2. The maximum Gasteiger partial charge on any atom is 0.222 e. The Morgan fingerprint density at radius 3 is 2.54 bits per heavy atom. The van der Waals surface area contributed by atoms with Crippen molar-refractivity contribution in [1.82, 2.24) is 0 Å². The summed E-state index contributed by atoms with van der Waals surface area (Å²) in [5.74, 6) is 1.39. The van der Waals surface area contributed by atoms with Gasteiger partial charge in [-0.3, -0.25) is 4.57 Å². The summed E-state index contributed by atoms with van der Waals surface area (Å²) in [7, 11) is -3.02. The van der Waals surface area contributed by atoms with Crippen LogP contribution in [0, 0.1) is 0 Å². The molecule has 1 rings (SSSR count). The van der Waals surface area contributed by atoms with E-state index in [0.29, 0.717) is 0 Å². The molecule has 1 N–H and O–H groups in total. The van der Waals surface area contributed by atoms with E-state index in [-0.39, 0.29) is 6.16 Å². The first-order valence-corrected chi connectivity index (χ1v) is 6.11. The van der Waals surface area contributed by atoms with E-state index in [1.165, 1.54) is 5.82 Å². The van der Waals surface area contributed by atoms with Crippen molar-refractivity contribution in [3.8, 4) is 0 Å². The fourth-order valence-corrected chi connectivity index (χ4v) is 1.49. The molecule has 1 atom stereocenters. The van der Waals surface area contributed by atoms with E-state index in [4.69, 9.17) is 0 Å². The maximum absolute atomic E-state index is 11.2. The third-order valence-corrected chi connectivity index (χ3v) is 3.27. The molecule has 0 spiro atoms. The van der Waals surface area contributed by atoms with Gasteiger partial charge in [0.1, 0.15) is 0 Å². The van der Waals surface area contributed by atoms with Crippen LogP contribution in [-0.4, -0.2) is 11.1 Å². The molecule has 0 aromatic heterocycles. The quantitative estimate of drug-likeness (QED) is 0.754. The smallest absolute Gasteiger partial charge is 0.222 e. The molecule has 0 fully saturated rings. The summed E-state index contributed by atoms with van der Waals surface area (Å²) in [6, 6.07) is 9.50. The SMILES string of the molecule is CCP(=O)(O)/C=C/c1ccccc1. The Kier molecular flexibility index (Phi) is 3.47. The maximum atomic E-state index is 11.2. The molecular formula is C10H13O2P. The first kappa shape index (κ1) is 10.2. The van der Waals surface area contributed by atoms with Gasteiger partial charge in [-0.1, -0.05) is 37.3 Å². The van der Waals surface area contributed by atoms with Gasteiger partial charge in [0.2, 0.25) is 7.37 Å². The van der Waals surface area contributed by atoms with Crippen LogP contribution in [0.5, 0.6) is 0 Å². The minimum Gasteiger partial charge on any atom is -0.341 e. The van der Waals surface area contributed by atoms with E-state index >= 15 is 0 Å². The number of hydrogen-bond donors (Lipinski definition) is 1. The van der Waals surface area contributed by atoms with E-state index in [9.17, 15) is 9.46 Å². The molecule has 0 aliphatic carbocycles. The molecule has 13 heavy (non-hydrogen) atoms. The summed E-state index contributed by atoms with van der Waals surface area (Å²) in [6.07, 6.45) is 1.97. The first-order valence-electron chi connectivity index (χ1n) is 4.20. The molecule has 0 saturated heterocycles. The zero-order chi connectivity index (χ0) is 9.73. The van der Waals surface area contributed by atoms with E-state index < -0.39 is 7.37 Å². The molecule has 0 saturated carbocycles.